The number of aromatic nitrogens is 2. The Morgan fingerprint density at radius 3 is 2.56 bits per heavy atom. The van der Waals surface area contributed by atoms with Gasteiger partial charge >= 0.3 is 0 Å². The van der Waals surface area contributed by atoms with Crippen LogP contribution in [0.5, 0.6) is 0 Å². The van der Waals surface area contributed by atoms with Gasteiger partial charge in [-0.1, -0.05) is 23.7 Å². The van der Waals surface area contributed by atoms with Crippen LogP contribution in [0.2, 0.25) is 5.02 Å². The lowest BCUT2D eigenvalue weighted by Gasteiger charge is -2.08. The Kier molecular flexibility index (Phi) is 2.92. The van der Waals surface area contributed by atoms with Gasteiger partial charge in [0.05, 0.1) is 5.69 Å². The maximum atomic E-state index is 5.89. The van der Waals surface area contributed by atoms with E-state index in [-0.39, 0.29) is 0 Å². The highest BCUT2D eigenvalue weighted by atomic mass is 35.5. The highest BCUT2D eigenvalue weighted by molar-refractivity contribution is 6.30. The molecule has 1 heterocycles. The van der Waals surface area contributed by atoms with Crippen LogP contribution >= 0.6 is 11.6 Å². The summed E-state index contributed by atoms with van der Waals surface area (Å²) in [5.41, 5.74) is 3.12. The molecule has 1 N–H and O–H groups in total. The summed E-state index contributed by atoms with van der Waals surface area (Å²) in [6.45, 7) is 2.00. The van der Waals surface area contributed by atoms with Crippen molar-refractivity contribution in [1.29, 1.82) is 0 Å². The molecule has 1 fully saturated rings. The van der Waals surface area contributed by atoms with Crippen molar-refractivity contribution in [3.63, 3.8) is 0 Å². The van der Waals surface area contributed by atoms with Crippen LogP contribution in [0.3, 0.4) is 0 Å². The molecular weight excluding hydrogens is 246 g/mol. The number of aryl methyl sites for hydroxylation is 1. The van der Waals surface area contributed by atoms with Crippen molar-refractivity contribution < 1.29 is 0 Å². The molecule has 92 valence electrons. The topological polar surface area (TPSA) is 37.8 Å². The predicted molar refractivity (Wildman–Crippen MR) is 73.9 cm³/mol. The monoisotopic (exact) mass is 259 g/mol. The van der Waals surface area contributed by atoms with Gasteiger partial charge in [0, 0.05) is 22.8 Å². The second-order valence-electron chi connectivity index (χ2n) is 4.62. The molecule has 0 atom stereocenters. The highest BCUT2D eigenvalue weighted by Crippen LogP contribution is 2.26. The summed E-state index contributed by atoms with van der Waals surface area (Å²) in [6, 6.07) is 8.31. The van der Waals surface area contributed by atoms with Crippen molar-refractivity contribution in [2.75, 3.05) is 5.32 Å². The number of benzene rings is 1. The van der Waals surface area contributed by atoms with Crippen LogP contribution in [0.15, 0.2) is 30.5 Å². The number of halogens is 1. The van der Waals surface area contributed by atoms with E-state index in [4.69, 9.17) is 11.6 Å². The van der Waals surface area contributed by atoms with Crippen LogP contribution in [0, 0.1) is 6.92 Å². The molecule has 1 aromatic carbocycles. The van der Waals surface area contributed by atoms with Crippen LogP contribution in [0.4, 0.5) is 5.95 Å². The first-order valence-electron chi connectivity index (χ1n) is 6.08. The summed E-state index contributed by atoms with van der Waals surface area (Å²) in [5.74, 6) is 0.729. The van der Waals surface area contributed by atoms with E-state index in [1.165, 1.54) is 12.8 Å². The van der Waals surface area contributed by atoms with Crippen molar-refractivity contribution in [3.8, 4) is 11.1 Å². The molecule has 3 nitrogen and oxygen atoms in total. The van der Waals surface area contributed by atoms with E-state index in [0.29, 0.717) is 6.04 Å². The normalized spacial score (nSPS) is 14.6. The second-order valence-corrected chi connectivity index (χ2v) is 5.05. The van der Waals surface area contributed by atoms with Gasteiger partial charge in [0.1, 0.15) is 0 Å². The molecule has 18 heavy (non-hydrogen) atoms. The number of nitrogens with one attached hydrogen (secondary N) is 1. The van der Waals surface area contributed by atoms with Gasteiger partial charge in [0.25, 0.3) is 0 Å². The summed E-state index contributed by atoms with van der Waals surface area (Å²) in [5, 5.41) is 4.04. The zero-order valence-corrected chi connectivity index (χ0v) is 10.9. The Labute approximate surface area is 111 Å². The molecule has 2 aromatic rings. The first-order chi connectivity index (χ1) is 8.72. The minimum Gasteiger partial charge on any atom is -0.351 e. The van der Waals surface area contributed by atoms with E-state index in [2.05, 4.69) is 15.3 Å². The van der Waals surface area contributed by atoms with E-state index in [1.54, 1.807) is 0 Å². The van der Waals surface area contributed by atoms with Gasteiger partial charge in [-0.2, -0.15) is 0 Å². The average molecular weight is 260 g/mol. The summed E-state index contributed by atoms with van der Waals surface area (Å²) in [4.78, 5) is 8.86. The number of rotatable bonds is 3. The SMILES string of the molecule is Cc1nc(NC2CC2)ncc1-c1ccc(Cl)cc1. The van der Waals surface area contributed by atoms with E-state index in [9.17, 15) is 0 Å². The third-order valence-electron chi connectivity index (χ3n) is 3.05. The molecule has 0 saturated heterocycles. The van der Waals surface area contributed by atoms with Crippen LogP contribution in [0.25, 0.3) is 11.1 Å². The molecule has 3 rings (SSSR count). The van der Waals surface area contributed by atoms with Gasteiger partial charge in [-0.05, 0) is 37.5 Å². The molecule has 1 aliphatic rings. The molecule has 0 unspecified atom stereocenters. The third kappa shape index (κ3) is 2.46. The standard InChI is InChI=1S/C14H14ClN3/c1-9-13(10-2-4-11(15)5-3-10)8-16-14(17-9)18-12-6-7-12/h2-5,8,12H,6-7H2,1H3,(H,16,17,18). The predicted octanol–water partition coefficient (Wildman–Crippen LogP) is 3.68. The second kappa shape index (κ2) is 4.58. The Hall–Kier alpha value is -1.61. The van der Waals surface area contributed by atoms with Crippen molar-refractivity contribution >= 4 is 17.5 Å². The fourth-order valence-electron chi connectivity index (χ4n) is 1.86. The van der Waals surface area contributed by atoms with Crippen LogP contribution < -0.4 is 5.32 Å². The van der Waals surface area contributed by atoms with Gasteiger partial charge in [0.2, 0.25) is 5.95 Å². The summed E-state index contributed by atoms with van der Waals surface area (Å²) in [7, 11) is 0. The Morgan fingerprint density at radius 1 is 1.22 bits per heavy atom. The van der Waals surface area contributed by atoms with Crippen LogP contribution in [0.1, 0.15) is 18.5 Å². The van der Waals surface area contributed by atoms with E-state index < -0.39 is 0 Å². The molecule has 0 radical (unpaired) electrons. The Morgan fingerprint density at radius 2 is 1.94 bits per heavy atom. The van der Waals surface area contributed by atoms with E-state index in [0.717, 1.165) is 27.8 Å². The van der Waals surface area contributed by atoms with Crippen molar-refractivity contribution in [3.05, 3.63) is 41.2 Å². The number of nitrogens with zero attached hydrogens (tertiary/aromatic N) is 2. The zero-order valence-electron chi connectivity index (χ0n) is 10.2. The van der Waals surface area contributed by atoms with E-state index >= 15 is 0 Å². The maximum Gasteiger partial charge on any atom is 0.223 e. The molecule has 0 bridgehead atoms. The molecule has 4 heteroatoms. The first-order valence-corrected chi connectivity index (χ1v) is 6.46. The van der Waals surface area contributed by atoms with Gasteiger partial charge in [0.15, 0.2) is 0 Å². The van der Waals surface area contributed by atoms with Crippen molar-refractivity contribution in [2.24, 2.45) is 0 Å². The van der Waals surface area contributed by atoms with Gasteiger partial charge in [-0.15, -0.1) is 0 Å². The van der Waals surface area contributed by atoms with Crippen molar-refractivity contribution in [1.82, 2.24) is 9.97 Å². The Bertz CT molecular complexity index is 562. The average Bonchev–Trinajstić information content (AvgIpc) is 3.15. The number of hydrogen-bond donors (Lipinski definition) is 1. The molecule has 1 saturated carbocycles. The minimum absolute atomic E-state index is 0.575. The molecule has 1 aromatic heterocycles. The maximum absolute atomic E-state index is 5.89. The molecule has 0 spiro atoms. The summed E-state index contributed by atoms with van der Waals surface area (Å²) >= 11 is 5.89. The number of anilines is 1. The summed E-state index contributed by atoms with van der Waals surface area (Å²) < 4.78 is 0. The smallest absolute Gasteiger partial charge is 0.223 e. The van der Waals surface area contributed by atoms with Crippen LogP contribution in [-0.4, -0.2) is 16.0 Å². The third-order valence-corrected chi connectivity index (χ3v) is 3.30. The van der Waals surface area contributed by atoms with Gasteiger partial charge in [-0.25, -0.2) is 9.97 Å². The van der Waals surface area contributed by atoms with Crippen molar-refractivity contribution in [2.45, 2.75) is 25.8 Å². The molecule has 0 aliphatic heterocycles. The van der Waals surface area contributed by atoms with Gasteiger partial charge < -0.3 is 5.32 Å². The van der Waals surface area contributed by atoms with E-state index in [1.807, 2.05) is 37.4 Å². The largest absolute Gasteiger partial charge is 0.351 e. The lowest BCUT2D eigenvalue weighted by molar-refractivity contribution is 1.03. The summed E-state index contributed by atoms with van der Waals surface area (Å²) in [6.07, 6.45) is 4.32. The lowest BCUT2D eigenvalue weighted by atomic mass is 10.1. The molecular formula is C14H14ClN3. The fraction of sp³-hybridized carbons (Fsp3) is 0.286. The lowest BCUT2D eigenvalue weighted by Crippen LogP contribution is -2.06. The van der Waals surface area contributed by atoms with Crippen LogP contribution in [-0.2, 0) is 0 Å². The molecule has 1 aliphatic carbocycles. The Balaban J connectivity index is 1.89. The molecule has 0 amide bonds. The highest BCUT2D eigenvalue weighted by Gasteiger charge is 2.22. The minimum atomic E-state index is 0.575. The zero-order chi connectivity index (χ0) is 12.5. The first kappa shape index (κ1) is 11.5. The number of hydrogen-bond acceptors (Lipinski definition) is 3. The van der Waals surface area contributed by atoms with Gasteiger partial charge in [-0.3, -0.25) is 0 Å². The fourth-order valence-corrected chi connectivity index (χ4v) is 1.99. The quantitative estimate of drug-likeness (QED) is 0.914.